The topological polar surface area (TPSA) is 84.6 Å². The van der Waals surface area contributed by atoms with E-state index in [1.807, 2.05) is 41.5 Å². The van der Waals surface area contributed by atoms with Crippen LogP contribution in [0.2, 0.25) is 12.1 Å². The highest BCUT2D eigenvalue weighted by molar-refractivity contribution is 6.61. The second-order valence-corrected chi connectivity index (χ2v) is 18.3. The first-order chi connectivity index (χ1) is 23.0. The predicted octanol–water partition coefficient (Wildman–Crippen LogP) is 9.76. The molecule has 0 amide bonds. The third-order valence-corrected chi connectivity index (χ3v) is 15.1. The van der Waals surface area contributed by atoms with Crippen molar-refractivity contribution in [2.45, 2.75) is 176 Å². The van der Waals surface area contributed by atoms with Crippen LogP contribution in [0.3, 0.4) is 0 Å². The van der Waals surface area contributed by atoms with E-state index < -0.39 is 17.6 Å². The van der Waals surface area contributed by atoms with Crippen LogP contribution in [0, 0.1) is 0 Å². The summed E-state index contributed by atoms with van der Waals surface area (Å²) in [7, 11) is -4.94. The molecule has 0 aliphatic carbocycles. The van der Waals surface area contributed by atoms with Crippen molar-refractivity contribution >= 4 is 17.6 Å². The Morgan fingerprint density at radius 2 is 0.574 bits per heavy atom. The summed E-state index contributed by atoms with van der Waals surface area (Å²) in [5, 5.41) is 0. The molecule has 8 nitrogen and oxygen atoms in total. The molecule has 284 valence electrons. The molecule has 10 heteroatoms. The van der Waals surface area contributed by atoms with Gasteiger partial charge in [0.15, 0.2) is 0 Å². The summed E-state index contributed by atoms with van der Waals surface area (Å²) in [6.07, 6.45) is 24.6. The molecule has 0 bridgehead atoms. The summed E-state index contributed by atoms with van der Waals surface area (Å²) >= 11 is 0. The smallest absolute Gasteiger partial charge is 0.374 e. The van der Waals surface area contributed by atoms with Crippen molar-refractivity contribution in [1.29, 1.82) is 0 Å². The van der Waals surface area contributed by atoms with Gasteiger partial charge in [-0.05, 0) is 106 Å². The molecule has 0 aromatic carbocycles. The summed E-state index contributed by atoms with van der Waals surface area (Å²) in [4.78, 5) is 2.77. The van der Waals surface area contributed by atoms with Crippen LogP contribution >= 0.6 is 0 Å². The van der Waals surface area contributed by atoms with Gasteiger partial charge in [-0.15, -0.1) is 0 Å². The lowest BCUT2D eigenvalue weighted by atomic mass is 10.1. The van der Waals surface area contributed by atoms with Gasteiger partial charge in [0, 0.05) is 51.7 Å². The summed E-state index contributed by atoms with van der Waals surface area (Å²) in [6, 6.07) is 1.90. The minimum atomic E-state index is -2.47. The van der Waals surface area contributed by atoms with Crippen molar-refractivity contribution in [3.63, 3.8) is 0 Å². The fourth-order valence-corrected chi connectivity index (χ4v) is 11.8. The van der Waals surface area contributed by atoms with Crippen molar-refractivity contribution < 1.29 is 26.6 Å². The number of hydrogen-bond donors (Lipinski definition) is 1. The monoisotopic (exact) mass is 707 g/mol. The van der Waals surface area contributed by atoms with Gasteiger partial charge in [-0.25, -0.2) is 0 Å². The van der Waals surface area contributed by atoms with E-state index in [0.717, 1.165) is 31.5 Å². The maximum absolute atomic E-state index is 6.01. The van der Waals surface area contributed by atoms with Gasteiger partial charge >= 0.3 is 17.6 Å². The van der Waals surface area contributed by atoms with Gasteiger partial charge < -0.3 is 37.2 Å². The molecule has 0 aliphatic rings. The van der Waals surface area contributed by atoms with E-state index in [1.165, 1.54) is 129 Å². The highest BCUT2D eigenvalue weighted by atomic mass is 28.4. The van der Waals surface area contributed by atoms with Crippen LogP contribution in [0.15, 0.2) is 0 Å². The van der Waals surface area contributed by atoms with Gasteiger partial charge in [-0.1, -0.05) is 83.5 Å². The molecule has 0 heterocycles. The van der Waals surface area contributed by atoms with E-state index >= 15 is 0 Å². The van der Waals surface area contributed by atoms with Gasteiger partial charge in [0.05, 0.1) is 0 Å². The summed E-state index contributed by atoms with van der Waals surface area (Å²) in [5.74, 6) is 0. The third kappa shape index (κ3) is 26.6. The Kier molecular flexibility index (Phi) is 34.6. The van der Waals surface area contributed by atoms with Crippen molar-refractivity contribution in [1.82, 2.24) is 4.90 Å². The summed E-state index contributed by atoms with van der Waals surface area (Å²) in [6.45, 7) is 20.9. The zero-order chi connectivity index (χ0) is 34.7. The maximum Gasteiger partial charge on any atom is 0.500 e. The Labute approximate surface area is 295 Å². The van der Waals surface area contributed by atoms with Gasteiger partial charge in [0.1, 0.15) is 0 Å². The molecule has 0 unspecified atom stereocenters. The molecule has 0 radical (unpaired) electrons. The van der Waals surface area contributed by atoms with Crippen LogP contribution in [-0.4, -0.2) is 88.3 Å². The Bertz CT molecular complexity index is 560. The van der Waals surface area contributed by atoms with E-state index in [9.17, 15) is 0 Å². The zero-order valence-corrected chi connectivity index (χ0v) is 34.4. The third-order valence-electron chi connectivity index (χ3n) is 8.78. The molecule has 0 fully saturated rings. The zero-order valence-electron chi connectivity index (χ0n) is 32.4. The lowest BCUT2D eigenvalue weighted by Gasteiger charge is -2.28. The first-order valence-electron chi connectivity index (χ1n) is 20.3. The highest BCUT2D eigenvalue weighted by Gasteiger charge is 2.40. The molecular formula is C37H82N2O6Si2. The molecule has 0 saturated carbocycles. The quantitative estimate of drug-likeness (QED) is 0.0500. The average Bonchev–Trinajstić information content (AvgIpc) is 3.05. The van der Waals surface area contributed by atoms with Gasteiger partial charge in [0.2, 0.25) is 0 Å². The minimum absolute atomic E-state index is 0.667. The van der Waals surface area contributed by atoms with E-state index in [4.69, 9.17) is 32.3 Å². The Morgan fingerprint density at radius 3 is 0.830 bits per heavy atom. The molecule has 0 aromatic heterocycles. The molecule has 0 spiro atoms. The molecule has 2 N–H and O–H groups in total. The van der Waals surface area contributed by atoms with Crippen molar-refractivity contribution in [2.75, 3.05) is 65.8 Å². The summed E-state index contributed by atoms with van der Waals surface area (Å²) < 4.78 is 36.1. The average molecular weight is 707 g/mol. The lowest BCUT2D eigenvalue weighted by Crippen LogP contribution is -2.45. The highest BCUT2D eigenvalue weighted by Crippen LogP contribution is 2.22. The molecule has 0 rings (SSSR count). The predicted molar refractivity (Wildman–Crippen MR) is 204 cm³/mol. The molecule has 0 saturated heterocycles. The minimum Gasteiger partial charge on any atom is -0.374 e. The molecule has 0 aliphatic heterocycles. The van der Waals surface area contributed by atoms with Crippen molar-refractivity contribution in [3.8, 4) is 0 Å². The van der Waals surface area contributed by atoms with E-state index in [2.05, 4.69) is 4.90 Å². The van der Waals surface area contributed by atoms with Crippen LogP contribution in [0.4, 0.5) is 0 Å². The fraction of sp³-hybridized carbons (Fsp3) is 1.00. The van der Waals surface area contributed by atoms with Gasteiger partial charge in [-0.2, -0.15) is 0 Å². The number of nitrogens with two attached hydrogens (primary N) is 1. The SMILES string of the molecule is CCO[Si](CCCCCCCCCN(CCCCCCCN)CCCCCCCCC[Si](OCC)(OCC)OCC)(OCC)OCC. The first-order valence-corrected chi connectivity index (χ1v) is 24.1. The normalized spacial score (nSPS) is 12.5. The van der Waals surface area contributed by atoms with E-state index in [1.54, 1.807) is 0 Å². The molecule has 0 aromatic rings. The summed E-state index contributed by atoms with van der Waals surface area (Å²) in [5.41, 5.74) is 5.68. The van der Waals surface area contributed by atoms with E-state index in [0.29, 0.717) is 39.6 Å². The first kappa shape index (κ1) is 47.1. The van der Waals surface area contributed by atoms with Crippen LogP contribution in [0.5, 0.6) is 0 Å². The molecule has 0 atom stereocenters. The van der Waals surface area contributed by atoms with Gasteiger partial charge in [0.25, 0.3) is 0 Å². The number of nitrogens with zero attached hydrogens (tertiary/aromatic N) is 1. The molecule has 47 heavy (non-hydrogen) atoms. The number of rotatable bonds is 39. The maximum atomic E-state index is 6.01. The van der Waals surface area contributed by atoms with Crippen molar-refractivity contribution in [3.05, 3.63) is 0 Å². The van der Waals surface area contributed by atoms with Crippen LogP contribution < -0.4 is 5.73 Å². The number of unbranched alkanes of at least 4 members (excludes halogenated alkanes) is 16. The second-order valence-electron chi connectivity index (χ2n) is 12.8. The Balaban J connectivity index is 4.27. The standard InChI is InChI=1S/C37H82N2O6Si2/c1-7-40-46(41-8-2,42-9-3)36-30-24-17-13-15-21-27-33-39(35-29-23-19-20-26-32-38)34-28-22-16-14-18-25-31-37-47(43-10-4,44-11-5)45-12-6/h7-38H2,1-6H3. The van der Waals surface area contributed by atoms with Crippen LogP contribution in [0.25, 0.3) is 0 Å². The Hall–Kier alpha value is 0.114. The molecular weight excluding hydrogens is 625 g/mol. The van der Waals surface area contributed by atoms with Crippen LogP contribution in [-0.2, 0) is 26.6 Å². The fourth-order valence-electron chi connectivity index (χ4n) is 6.47. The number of hydrogen-bond acceptors (Lipinski definition) is 8. The van der Waals surface area contributed by atoms with Crippen LogP contribution in [0.1, 0.15) is 164 Å². The largest absolute Gasteiger partial charge is 0.500 e. The van der Waals surface area contributed by atoms with E-state index in [-0.39, 0.29) is 0 Å². The van der Waals surface area contributed by atoms with Crippen molar-refractivity contribution in [2.24, 2.45) is 5.73 Å². The lowest BCUT2D eigenvalue weighted by molar-refractivity contribution is 0.0698. The second kappa shape index (κ2) is 34.6. The Morgan fingerprint density at radius 1 is 0.340 bits per heavy atom. The van der Waals surface area contributed by atoms with Gasteiger partial charge in [-0.3, -0.25) is 0 Å².